The molecule has 2 aliphatic rings. The lowest BCUT2D eigenvalue weighted by molar-refractivity contribution is 0.340. The van der Waals surface area contributed by atoms with Crippen molar-refractivity contribution in [2.45, 2.75) is 63.8 Å². The third-order valence-electron chi connectivity index (χ3n) is 6.10. The van der Waals surface area contributed by atoms with Crippen molar-refractivity contribution in [1.29, 1.82) is 5.26 Å². The molecule has 5 rings (SSSR count). The highest BCUT2D eigenvalue weighted by Gasteiger charge is 2.32. The van der Waals surface area contributed by atoms with E-state index in [1.54, 1.807) is 10.7 Å². The van der Waals surface area contributed by atoms with Crippen molar-refractivity contribution in [3.8, 4) is 11.8 Å². The number of nitrogens with zero attached hydrogens (tertiary/aromatic N) is 3. The molecular formula is C25H32N6O. The van der Waals surface area contributed by atoms with Crippen LogP contribution in [0.5, 0.6) is 5.75 Å². The number of nitriles is 1. The highest BCUT2D eigenvalue weighted by Crippen LogP contribution is 2.48. The predicted octanol–water partition coefficient (Wildman–Crippen LogP) is 5.09. The minimum absolute atomic E-state index is 0.380. The highest BCUT2D eigenvalue weighted by molar-refractivity contribution is 5.82. The van der Waals surface area contributed by atoms with E-state index < -0.39 is 0 Å². The van der Waals surface area contributed by atoms with Gasteiger partial charge in [-0.2, -0.15) is 10.4 Å². The molecule has 0 amide bonds. The molecule has 7 nitrogen and oxygen atoms in total. The summed E-state index contributed by atoms with van der Waals surface area (Å²) in [6.07, 6.45) is 10.5. The molecule has 0 spiro atoms. The van der Waals surface area contributed by atoms with Crippen LogP contribution in [0.2, 0.25) is 0 Å². The monoisotopic (exact) mass is 432 g/mol. The molecule has 2 aromatic heterocycles. The minimum atomic E-state index is 0.380. The second kappa shape index (κ2) is 9.92. The quantitative estimate of drug-likeness (QED) is 0.518. The van der Waals surface area contributed by atoms with Crippen LogP contribution in [-0.2, 0) is 0 Å². The zero-order valence-electron chi connectivity index (χ0n) is 18.7. The summed E-state index contributed by atoms with van der Waals surface area (Å²) in [5.74, 6) is 2.05. The number of aromatic nitrogens is 2. The zero-order valence-corrected chi connectivity index (χ0v) is 18.7. The zero-order chi connectivity index (χ0) is 22.5. The summed E-state index contributed by atoms with van der Waals surface area (Å²) >= 11 is 0. The fourth-order valence-corrected chi connectivity index (χ4v) is 4.28. The SMILES string of the molecule is CCOc1ccc(Nc2c(C3CC3)c(N)c(C#N)c3ccnn23)cc1.NC1CCCCC1. The maximum absolute atomic E-state index is 9.52. The Hall–Kier alpha value is -3.24. The van der Waals surface area contributed by atoms with Gasteiger partial charge in [0.2, 0.25) is 0 Å². The average molecular weight is 433 g/mol. The van der Waals surface area contributed by atoms with Crippen molar-refractivity contribution in [3.63, 3.8) is 0 Å². The molecule has 5 N–H and O–H groups in total. The first-order valence-corrected chi connectivity index (χ1v) is 11.6. The van der Waals surface area contributed by atoms with Crippen molar-refractivity contribution in [2.75, 3.05) is 17.7 Å². The fraction of sp³-hybridized carbons (Fsp3) is 0.440. The number of nitrogen functional groups attached to an aromatic ring is 1. The lowest BCUT2D eigenvalue weighted by Crippen LogP contribution is -2.22. The number of pyridine rings is 1. The summed E-state index contributed by atoms with van der Waals surface area (Å²) in [5.41, 5.74) is 15.7. The van der Waals surface area contributed by atoms with E-state index >= 15 is 0 Å². The van der Waals surface area contributed by atoms with Gasteiger partial charge in [-0.05, 0) is 68.9 Å². The molecule has 0 unspecified atom stereocenters. The lowest BCUT2D eigenvalue weighted by atomic mass is 9.97. The highest BCUT2D eigenvalue weighted by atomic mass is 16.5. The number of ether oxygens (including phenoxy) is 1. The van der Waals surface area contributed by atoms with Gasteiger partial charge >= 0.3 is 0 Å². The molecule has 3 aromatic rings. The maximum Gasteiger partial charge on any atom is 0.138 e. The number of hydrogen-bond donors (Lipinski definition) is 3. The van der Waals surface area contributed by atoms with Crippen molar-refractivity contribution < 1.29 is 4.74 Å². The lowest BCUT2D eigenvalue weighted by Gasteiger charge is -2.17. The van der Waals surface area contributed by atoms with Gasteiger partial charge in [0.1, 0.15) is 23.2 Å². The Kier molecular flexibility index (Phi) is 6.81. The molecule has 0 radical (unpaired) electrons. The number of fused-ring (bicyclic) bond motifs is 1. The Bertz CT molecular complexity index is 1090. The summed E-state index contributed by atoms with van der Waals surface area (Å²) in [6.45, 7) is 2.60. The number of nitrogens with two attached hydrogens (primary N) is 2. The van der Waals surface area contributed by atoms with E-state index in [1.807, 2.05) is 37.3 Å². The second-order valence-corrected chi connectivity index (χ2v) is 8.55. The van der Waals surface area contributed by atoms with Gasteiger partial charge in [0.25, 0.3) is 0 Å². The van der Waals surface area contributed by atoms with Crippen LogP contribution in [0.25, 0.3) is 5.52 Å². The van der Waals surface area contributed by atoms with Gasteiger partial charge in [0, 0.05) is 17.3 Å². The van der Waals surface area contributed by atoms with Crippen LogP contribution in [0.3, 0.4) is 0 Å². The van der Waals surface area contributed by atoms with E-state index in [0.29, 0.717) is 29.8 Å². The van der Waals surface area contributed by atoms with Crippen LogP contribution < -0.4 is 21.5 Å². The first-order valence-electron chi connectivity index (χ1n) is 11.6. The normalized spacial score (nSPS) is 16.2. The smallest absolute Gasteiger partial charge is 0.138 e. The molecule has 32 heavy (non-hydrogen) atoms. The first-order chi connectivity index (χ1) is 15.6. The molecule has 0 aliphatic heterocycles. The Morgan fingerprint density at radius 2 is 1.84 bits per heavy atom. The predicted molar refractivity (Wildman–Crippen MR) is 128 cm³/mol. The number of nitrogens with one attached hydrogen (secondary N) is 1. The number of rotatable bonds is 5. The van der Waals surface area contributed by atoms with Crippen LogP contribution in [0.1, 0.15) is 68.9 Å². The maximum atomic E-state index is 9.52. The largest absolute Gasteiger partial charge is 0.494 e. The van der Waals surface area contributed by atoms with Gasteiger partial charge in [0.05, 0.1) is 24.0 Å². The van der Waals surface area contributed by atoms with Crippen LogP contribution in [0, 0.1) is 11.3 Å². The van der Waals surface area contributed by atoms with Crippen LogP contribution in [0.4, 0.5) is 17.2 Å². The fourth-order valence-electron chi connectivity index (χ4n) is 4.28. The number of benzene rings is 1. The molecular weight excluding hydrogens is 400 g/mol. The molecule has 0 saturated heterocycles. The molecule has 2 saturated carbocycles. The molecule has 2 heterocycles. The van der Waals surface area contributed by atoms with E-state index in [0.717, 1.165) is 41.2 Å². The van der Waals surface area contributed by atoms with E-state index in [-0.39, 0.29) is 0 Å². The van der Waals surface area contributed by atoms with Gasteiger partial charge in [0.15, 0.2) is 0 Å². The summed E-state index contributed by atoms with van der Waals surface area (Å²) in [5, 5.41) is 17.4. The third kappa shape index (κ3) is 4.81. The van der Waals surface area contributed by atoms with E-state index in [4.69, 9.17) is 16.2 Å². The molecule has 0 bridgehead atoms. The molecule has 2 aliphatic carbocycles. The minimum Gasteiger partial charge on any atom is -0.494 e. The van der Waals surface area contributed by atoms with Gasteiger partial charge < -0.3 is 21.5 Å². The van der Waals surface area contributed by atoms with Crippen molar-refractivity contribution in [2.24, 2.45) is 5.73 Å². The van der Waals surface area contributed by atoms with Crippen LogP contribution >= 0.6 is 0 Å². The van der Waals surface area contributed by atoms with Gasteiger partial charge in [-0.3, -0.25) is 0 Å². The average Bonchev–Trinajstić information content (AvgIpc) is 3.52. The van der Waals surface area contributed by atoms with Crippen molar-refractivity contribution in [3.05, 3.63) is 47.7 Å². The van der Waals surface area contributed by atoms with Crippen LogP contribution in [-0.4, -0.2) is 22.3 Å². The number of anilines is 3. The molecule has 0 atom stereocenters. The second-order valence-electron chi connectivity index (χ2n) is 8.55. The van der Waals surface area contributed by atoms with E-state index in [2.05, 4.69) is 16.5 Å². The summed E-state index contributed by atoms with van der Waals surface area (Å²) < 4.78 is 7.27. The molecule has 2 fully saturated rings. The molecule has 1 aromatic carbocycles. The van der Waals surface area contributed by atoms with Crippen LogP contribution in [0.15, 0.2) is 36.5 Å². The summed E-state index contributed by atoms with van der Waals surface area (Å²) in [4.78, 5) is 0. The molecule has 7 heteroatoms. The van der Waals surface area contributed by atoms with Crippen molar-refractivity contribution >= 4 is 22.7 Å². The first kappa shape index (κ1) is 22.0. The van der Waals surface area contributed by atoms with Gasteiger partial charge in [-0.15, -0.1) is 0 Å². The number of hydrogen-bond acceptors (Lipinski definition) is 6. The Morgan fingerprint density at radius 1 is 1.12 bits per heavy atom. The van der Waals surface area contributed by atoms with Gasteiger partial charge in [-0.25, -0.2) is 4.52 Å². The Balaban J connectivity index is 0.000000300. The van der Waals surface area contributed by atoms with E-state index in [9.17, 15) is 5.26 Å². The molecule has 168 valence electrons. The van der Waals surface area contributed by atoms with Crippen molar-refractivity contribution in [1.82, 2.24) is 9.61 Å². The summed E-state index contributed by atoms with van der Waals surface area (Å²) in [6, 6.07) is 12.4. The Labute approximate surface area is 189 Å². The third-order valence-corrected chi connectivity index (χ3v) is 6.10. The van der Waals surface area contributed by atoms with Gasteiger partial charge in [-0.1, -0.05) is 19.3 Å². The standard InChI is InChI=1S/C19H19N5O.C6H13N/c1-2-25-14-7-5-13(6-8-14)23-19-17(12-3-4-12)18(21)15(11-20)16-9-10-22-24(16)19;7-6-4-2-1-3-5-6/h5-10,12,23H,2-4,21H2,1H3;6H,1-5,7H2. The topological polar surface area (TPSA) is 114 Å². The Morgan fingerprint density at radius 3 is 2.41 bits per heavy atom. The van der Waals surface area contributed by atoms with E-state index in [1.165, 1.54) is 32.1 Å². The summed E-state index contributed by atoms with van der Waals surface area (Å²) in [7, 11) is 0.